The van der Waals surface area contributed by atoms with E-state index in [1.807, 2.05) is 0 Å². The van der Waals surface area contributed by atoms with Crippen LogP contribution in [0.2, 0.25) is 0 Å². The first kappa shape index (κ1) is 10.5. The fourth-order valence-corrected chi connectivity index (χ4v) is 1.72. The molecule has 0 unspecified atom stereocenters. The Morgan fingerprint density at radius 2 is 2.23 bits per heavy atom. The number of rotatable bonds is 2. The number of alkyl halides is 2. The van der Waals surface area contributed by atoms with Crippen LogP contribution in [0.25, 0.3) is 0 Å². The van der Waals surface area contributed by atoms with Crippen molar-refractivity contribution in [3.8, 4) is 0 Å². The molecular weight excluding hydrogens is 242 g/mol. The molecule has 1 aromatic rings. The molecule has 72 valence electrons. The average molecular weight is 251 g/mol. The Morgan fingerprint density at radius 1 is 1.62 bits per heavy atom. The van der Waals surface area contributed by atoms with Gasteiger partial charge >= 0.3 is 0 Å². The maximum atomic E-state index is 12.2. The molecule has 0 radical (unpaired) electrons. The summed E-state index contributed by atoms with van der Waals surface area (Å²) in [4.78, 5) is 3.74. The van der Waals surface area contributed by atoms with E-state index < -0.39 is 6.43 Å². The van der Waals surface area contributed by atoms with Gasteiger partial charge < -0.3 is 5.73 Å². The van der Waals surface area contributed by atoms with Gasteiger partial charge in [0.25, 0.3) is 6.43 Å². The first-order valence-corrected chi connectivity index (χ1v) is 4.49. The summed E-state index contributed by atoms with van der Waals surface area (Å²) in [5, 5.41) is 0. The molecule has 1 aromatic heterocycles. The highest BCUT2D eigenvalue weighted by Crippen LogP contribution is 2.25. The number of pyridine rings is 1. The first-order valence-electron chi connectivity index (χ1n) is 3.70. The quantitative estimate of drug-likeness (QED) is 0.877. The fraction of sp³-hybridized carbons (Fsp3) is 0.375. The Labute approximate surface area is 83.3 Å². The summed E-state index contributed by atoms with van der Waals surface area (Å²) >= 11 is 3.17. The molecule has 0 aliphatic rings. The lowest BCUT2D eigenvalue weighted by molar-refractivity contribution is 0.145. The Balaban J connectivity index is 3.20. The monoisotopic (exact) mass is 250 g/mol. The molecule has 0 spiro atoms. The summed E-state index contributed by atoms with van der Waals surface area (Å²) in [5.74, 6) is 0. The molecule has 0 aliphatic heterocycles. The SMILES string of the molecule is Cc1nc(C(F)F)cc(Br)c1CN. The largest absolute Gasteiger partial charge is 0.326 e. The predicted octanol–water partition coefficient (Wildman–Crippen LogP) is 2.55. The van der Waals surface area contributed by atoms with Crippen LogP contribution in [0.1, 0.15) is 23.4 Å². The van der Waals surface area contributed by atoms with Crippen LogP contribution in [0, 0.1) is 6.92 Å². The second-order valence-electron chi connectivity index (χ2n) is 2.60. The van der Waals surface area contributed by atoms with E-state index >= 15 is 0 Å². The van der Waals surface area contributed by atoms with Gasteiger partial charge in [0.1, 0.15) is 5.69 Å². The van der Waals surface area contributed by atoms with E-state index in [1.165, 1.54) is 6.07 Å². The van der Waals surface area contributed by atoms with Crippen molar-refractivity contribution >= 4 is 15.9 Å². The van der Waals surface area contributed by atoms with Crippen molar-refractivity contribution in [1.82, 2.24) is 4.98 Å². The maximum Gasteiger partial charge on any atom is 0.280 e. The Hall–Kier alpha value is -0.550. The van der Waals surface area contributed by atoms with Gasteiger partial charge in [0.15, 0.2) is 0 Å². The summed E-state index contributed by atoms with van der Waals surface area (Å²) < 4.78 is 25.1. The van der Waals surface area contributed by atoms with Gasteiger partial charge in [-0.15, -0.1) is 0 Å². The molecule has 2 nitrogen and oxygen atoms in total. The molecule has 0 aromatic carbocycles. The second kappa shape index (κ2) is 4.11. The number of hydrogen-bond donors (Lipinski definition) is 1. The minimum absolute atomic E-state index is 0.221. The van der Waals surface area contributed by atoms with Gasteiger partial charge in [0.2, 0.25) is 0 Å². The van der Waals surface area contributed by atoms with Crippen LogP contribution in [0.15, 0.2) is 10.5 Å². The summed E-state index contributed by atoms with van der Waals surface area (Å²) in [5.41, 5.74) is 6.52. The third-order valence-corrected chi connectivity index (χ3v) is 2.43. The molecule has 0 atom stereocenters. The predicted molar refractivity (Wildman–Crippen MR) is 49.5 cm³/mol. The third kappa shape index (κ3) is 2.22. The van der Waals surface area contributed by atoms with Gasteiger partial charge in [-0.2, -0.15) is 0 Å². The molecular formula is C8H9BrF2N2. The van der Waals surface area contributed by atoms with E-state index in [2.05, 4.69) is 20.9 Å². The van der Waals surface area contributed by atoms with Gasteiger partial charge in [-0.3, -0.25) is 4.98 Å². The molecule has 5 heteroatoms. The van der Waals surface area contributed by atoms with Crippen molar-refractivity contribution in [2.45, 2.75) is 19.9 Å². The molecule has 0 saturated carbocycles. The smallest absolute Gasteiger partial charge is 0.280 e. The second-order valence-corrected chi connectivity index (χ2v) is 3.45. The van der Waals surface area contributed by atoms with E-state index in [0.29, 0.717) is 16.7 Å². The molecule has 0 amide bonds. The van der Waals surface area contributed by atoms with Gasteiger partial charge in [-0.25, -0.2) is 8.78 Å². The van der Waals surface area contributed by atoms with Crippen molar-refractivity contribution in [3.05, 3.63) is 27.5 Å². The van der Waals surface area contributed by atoms with Crippen LogP contribution < -0.4 is 5.73 Å². The Kier molecular flexibility index (Phi) is 3.33. The Bertz CT molecular complexity index is 292. The maximum absolute atomic E-state index is 12.2. The number of aromatic nitrogens is 1. The van der Waals surface area contributed by atoms with Gasteiger partial charge in [-0.05, 0) is 13.0 Å². The molecule has 13 heavy (non-hydrogen) atoms. The van der Waals surface area contributed by atoms with Crippen LogP contribution in [0.4, 0.5) is 8.78 Å². The van der Waals surface area contributed by atoms with Crippen molar-refractivity contribution < 1.29 is 8.78 Å². The lowest BCUT2D eigenvalue weighted by Gasteiger charge is -2.07. The van der Waals surface area contributed by atoms with Crippen molar-refractivity contribution in [1.29, 1.82) is 0 Å². The third-order valence-electron chi connectivity index (χ3n) is 1.72. The highest BCUT2D eigenvalue weighted by Gasteiger charge is 2.13. The van der Waals surface area contributed by atoms with E-state index in [-0.39, 0.29) is 5.69 Å². The van der Waals surface area contributed by atoms with Gasteiger partial charge in [0, 0.05) is 22.3 Å². The lowest BCUT2D eigenvalue weighted by atomic mass is 10.2. The average Bonchev–Trinajstić information content (AvgIpc) is 2.03. The standard InChI is InChI=1S/C8H9BrF2N2/c1-4-5(3-12)6(9)2-7(13-4)8(10)11/h2,8H,3,12H2,1H3. The molecule has 0 bridgehead atoms. The van der Waals surface area contributed by atoms with Crippen LogP contribution in [-0.4, -0.2) is 4.98 Å². The molecule has 1 rings (SSSR count). The zero-order valence-corrected chi connectivity index (χ0v) is 8.61. The van der Waals surface area contributed by atoms with Crippen LogP contribution in [0.5, 0.6) is 0 Å². The number of aryl methyl sites for hydroxylation is 1. The number of halogens is 3. The van der Waals surface area contributed by atoms with Crippen LogP contribution in [0.3, 0.4) is 0 Å². The van der Waals surface area contributed by atoms with Crippen LogP contribution in [-0.2, 0) is 6.54 Å². The van der Waals surface area contributed by atoms with E-state index in [9.17, 15) is 8.78 Å². The topological polar surface area (TPSA) is 38.9 Å². The molecule has 2 N–H and O–H groups in total. The van der Waals surface area contributed by atoms with E-state index in [0.717, 1.165) is 5.56 Å². The molecule has 1 heterocycles. The number of hydrogen-bond acceptors (Lipinski definition) is 2. The molecule has 0 saturated heterocycles. The summed E-state index contributed by atoms with van der Waals surface area (Å²) in [6.45, 7) is 1.96. The lowest BCUT2D eigenvalue weighted by Crippen LogP contribution is -2.04. The summed E-state index contributed by atoms with van der Waals surface area (Å²) in [6, 6.07) is 1.31. The zero-order chi connectivity index (χ0) is 10.0. The van der Waals surface area contributed by atoms with E-state index in [1.54, 1.807) is 6.92 Å². The molecule has 0 aliphatic carbocycles. The molecule has 0 fully saturated rings. The van der Waals surface area contributed by atoms with Crippen LogP contribution >= 0.6 is 15.9 Å². The van der Waals surface area contributed by atoms with Crippen molar-refractivity contribution in [3.63, 3.8) is 0 Å². The Morgan fingerprint density at radius 3 is 2.62 bits per heavy atom. The van der Waals surface area contributed by atoms with Gasteiger partial charge in [-0.1, -0.05) is 15.9 Å². The first-order chi connectivity index (χ1) is 6.06. The number of nitrogens with zero attached hydrogens (tertiary/aromatic N) is 1. The minimum Gasteiger partial charge on any atom is -0.326 e. The van der Waals surface area contributed by atoms with Gasteiger partial charge in [0.05, 0.1) is 0 Å². The number of nitrogens with two attached hydrogens (primary N) is 1. The normalized spacial score (nSPS) is 10.9. The van der Waals surface area contributed by atoms with Crippen molar-refractivity contribution in [2.24, 2.45) is 5.73 Å². The highest BCUT2D eigenvalue weighted by atomic mass is 79.9. The minimum atomic E-state index is -2.54. The summed E-state index contributed by atoms with van der Waals surface area (Å²) in [7, 11) is 0. The fourth-order valence-electron chi connectivity index (χ4n) is 1.04. The highest BCUT2D eigenvalue weighted by molar-refractivity contribution is 9.10. The summed E-state index contributed by atoms with van der Waals surface area (Å²) in [6.07, 6.45) is -2.54. The zero-order valence-electron chi connectivity index (χ0n) is 7.02. The van der Waals surface area contributed by atoms with E-state index in [4.69, 9.17) is 5.73 Å². The van der Waals surface area contributed by atoms with Crippen molar-refractivity contribution in [2.75, 3.05) is 0 Å².